The fourth-order valence-electron chi connectivity index (χ4n) is 1.30. The van der Waals surface area contributed by atoms with Gasteiger partial charge in [-0.3, -0.25) is 0 Å². The summed E-state index contributed by atoms with van der Waals surface area (Å²) in [6.07, 6.45) is 0. The van der Waals surface area contributed by atoms with Gasteiger partial charge in [0, 0.05) is 12.7 Å². The average Bonchev–Trinajstić information content (AvgIpc) is 2.18. The number of benzene rings is 1. The molecule has 0 bridgehead atoms. The van der Waals surface area contributed by atoms with E-state index < -0.39 is 5.97 Å². The monoisotopic (exact) mass is 213 g/mol. The van der Waals surface area contributed by atoms with Gasteiger partial charge < -0.3 is 10.1 Å². The summed E-state index contributed by atoms with van der Waals surface area (Å²) in [7, 11) is 3.13. The molecule has 0 fully saturated rings. The standard InChI is InChI=1S/C10H12ClNO2/c1-6-8(12-2)5-4-7(11)9(6)10(13)14-3/h4-5,12H,1-3H3. The first-order valence-electron chi connectivity index (χ1n) is 4.17. The van der Waals surface area contributed by atoms with Crippen molar-refractivity contribution in [2.75, 3.05) is 19.5 Å². The highest BCUT2D eigenvalue weighted by Crippen LogP contribution is 2.26. The molecular formula is C10H12ClNO2. The predicted molar refractivity (Wildman–Crippen MR) is 57.1 cm³/mol. The summed E-state index contributed by atoms with van der Waals surface area (Å²) in [5.74, 6) is -0.412. The van der Waals surface area contributed by atoms with Crippen molar-refractivity contribution in [3.05, 3.63) is 28.3 Å². The molecule has 1 rings (SSSR count). The van der Waals surface area contributed by atoms with Crippen LogP contribution in [0.4, 0.5) is 5.69 Å². The molecule has 76 valence electrons. The molecule has 0 atom stereocenters. The quantitative estimate of drug-likeness (QED) is 0.768. The molecule has 0 aliphatic carbocycles. The summed E-state index contributed by atoms with van der Waals surface area (Å²) in [5, 5.41) is 3.39. The second-order valence-electron chi connectivity index (χ2n) is 2.84. The van der Waals surface area contributed by atoms with Gasteiger partial charge in [-0.15, -0.1) is 0 Å². The van der Waals surface area contributed by atoms with Crippen molar-refractivity contribution in [1.29, 1.82) is 0 Å². The number of halogens is 1. The maximum atomic E-state index is 11.4. The molecule has 3 nitrogen and oxygen atoms in total. The molecule has 0 heterocycles. The number of carbonyl (C=O) groups is 1. The Morgan fingerprint density at radius 2 is 2.14 bits per heavy atom. The number of esters is 1. The molecule has 4 heteroatoms. The van der Waals surface area contributed by atoms with Crippen molar-refractivity contribution in [3.63, 3.8) is 0 Å². The van der Waals surface area contributed by atoms with E-state index in [0.717, 1.165) is 11.3 Å². The second kappa shape index (κ2) is 4.33. The maximum absolute atomic E-state index is 11.4. The molecule has 1 aromatic carbocycles. The Labute approximate surface area is 88.0 Å². The van der Waals surface area contributed by atoms with Crippen LogP contribution in [0.2, 0.25) is 5.02 Å². The lowest BCUT2D eigenvalue weighted by molar-refractivity contribution is 0.0600. The molecule has 0 spiro atoms. The van der Waals surface area contributed by atoms with Crippen LogP contribution < -0.4 is 5.32 Å². The Morgan fingerprint density at radius 3 is 2.64 bits per heavy atom. The zero-order valence-electron chi connectivity index (χ0n) is 8.35. The Hall–Kier alpha value is -1.22. The lowest BCUT2D eigenvalue weighted by atomic mass is 10.1. The summed E-state index contributed by atoms with van der Waals surface area (Å²) in [6, 6.07) is 3.50. The average molecular weight is 214 g/mol. The molecule has 0 aromatic heterocycles. The second-order valence-corrected chi connectivity index (χ2v) is 3.24. The molecule has 0 aliphatic rings. The van der Waals surface area contributed by atoms with E-state index in [1.54, 1.807) is 13.1 Å². The van der Waals surface area contributed by atoms with Gasteiger partial charge in [0.1, 0.15) is 0 Å². The smallest absolute Gasteiger partial charge is 0.339 e. The van der Waals surface area contributed by atoms with Gasteiger partial charge in [0.2, 0.25) is 0 Å². The van der Waals surface area contributed by atoms with Gasteiger partial charge in [-0.25, -0.2) is 4.79 Å². The van der Waals surface area contributed by atoms with E-state index in [-0.39, 0.29) is 0 Å². The highest BCUT2D eigenvalue weighted by atomic mass is 35.5. The van der Waals surface area contributed by atoms with Gasteiger partial charge in [0.05, 0.1) is 17.7 Å². The van der Waals surface area contributed by atoms with Crippen LogP contribution in [-0.2, 0) is 4.74 Å². The third-order valence-electron chi connectivity index (χ3n) is 2.07. The first-order chi connectivity index (χ1) is 6.61. The summed E-state index contributed by atoms with van der Waals surface area (Å²) in [5.41, 5.74) is 2.09. The molecule has 14 heavy (non-hydrogen) atoms. The molecular weight excluding hydrogens is 202 g/mol. The van der Waals surface area contributed by atoms with Crippen LogP contribution in [0.1, 0.15) is 15.9 Å². The summed E-state index contributed by atoms with van der Waals surface area (Å²) in [4.78, 5) is 11.4. The number of rotatable bonds is 2. The largest absolute Gasteiger partial charge is 0.465 e. The minimum absolute atomic E-state index is 0.411. The van der Waals surface area contributed by atoms with Crippen LogP contribution in [0.15, 0.2) is 12.1 Å². The van der Waals surface area contributed by atoms with E-state index in [1.807, 2.05) is 13.0 Å². The topological polar surface area (TPSA) is 38.3 Å². The van der Waals surface area contributed by atoms with Crippen LogP contribution in [0.25, 0.3) is 0 Å². The number of nitrogens with one attached hydrogen (secondary N) is 1. The van der Waals surface area contributed by atoms with E-state index in [4.69, 9.17) is 11.6 Å². The minimum atomic E-state index is -0.412. The number of hydrogen-bond acceptors (Lipinski definition) is 3. The van der Waals surface area contributed by atoms with E-state index in [0.29, 0.717) is 10.6 Å². The van der Waals surface area contributed by atoms with Gasteiger partial charge in [-0.05, 0) is 24.6 Å². The number of carbonyl (C=O) groups excluding carboxylic acids is 1. The van der Waals surface area contributed by atoms with Crippen molar-refractivity contribution in [1.82, 2.24) is 0 Å². The van der Waals surface area contributed by atoms with Crippen LogP contribution in [-0.4, -0.2) is 20.1 Å². The van der Waals surface area contributed by atoms with E-state index >= 15 is 0 Å². The molecule has 0 radical (unpaired) electrons. The zero-order chi connectivity index (χ0) is 10.7. The highest BCUT2D eigenvalue weighted by Gasteiger charge is 2.15. The van der Waals surface area contributed by atoms with Crippen molar-refractivity contribution < 1.29 is 9.53 Å². The maximum Gasteiger partial charge on any atom is 0.339 e. The number of ether oxygens (including phenoxy) is 1. The Balaban J connectivity index is 3.32. The van der Waals surface area contributed by atoms with Crippen molar-refractivity contribution in [2.24, 2.45) is 0 Å². The fourth-order valence-corrected chi connectivity index (χ4v) is 1.58. The summed E-state index contributed by atoms with van der Waals surface area (Å²) in [6.45, 7) is 1.82. The minimum Gasteiger partial charge on any atom is -0.465 e. The molecule has 0 saturated heterocycles. The number of hydrogen-bond donors (Lipinski definition) is 1. The van der Waals surface area contributed by atoms with Crippen LogP contribution in [0.3, 0.4) is 0 Å². The predicted octanol–water partition coefficient (Wildman–Crippen LogP) is 2.48. The third kappa shape index (κ3) is 1.82. The van der Waals surface area contributed by atoms with Crippen molar-refractivity contribution in [3.8, 4) is 0 Å². The van der Waals surface area contributed by atoms with Crippen LogP contribution >= 0.6 is 11.6 Å². The van der Waals surface area contributed by atoms with Gasteiger partial charge in [0.25, 0.3) is 0 Å². The summed E-state index contributed by atoms with van der Waals surface area (Å²) < 4.78 is 4.65. The highest BCUT2D eigenvalue weighted by molar-refractivity contribution is 6.34. The SMILES string of the molecule is CNc1ccc(Cl)c(C(=O)OC)c1C. The number of anilines is 1. The van der Waals surface area contributed by atoms with Crippen molar-refractivity contribution in [2.45, 2.75) is 6.92 Å². The van der Waals surface area contributed by atoms with Gasteiger partial charge in [-0.2, -0.15) is 0 Å². The first kappa shape index (κ1) is 10.9. The molecule has 0 aliphatic heterocycles. The number of methoxy groups -OCH3 is 1. The molecule has 1 aromatic rings. The molecule has 1 N–H and O–H groups in total. The van der Waals surface area contributed by atoms with E-state index in [2.05, 4.69) is 10.1 Å². The Kier molecular flexibility index (Phi) is 3.36. The Morgan fingerprint density at radius 1 is 1.50 bits per heavy atom. The van der Waals surface area contributed by atoms with E-state index in [1.165, 1.54) is 7.11 Å². The fraction of sp³-hybridized carbons (Fsp3) is 0.300. The molecule has 0 amide bonds. The van der Waals surface area contributed by atoms with Gasteiger partial charge in [-0.1, -0.05) is 11.6 Å². The van der Waals surface area contributed by atoms with E-state index in [9.17, 15) is 4.79 Å². The Bertz CT molecular complexity index is 363. The third-order valence-corrected chi connectivity index (χ3v) is 2.39. The lowest BCUT2D eigenvalue weighted by Crippen LogP contribution is -2.06. The molecule has 0 saturated carbocycles. The van der Waals surface area contributed by atoms with Crippen molar-refractivity contribution >= 4 is 23.3 Å². The lowest BCUT2D eigenvalue weighted by Gasteiger charge is -2.10. The molecule has 0 unspecified atom stereocenters. The van der Waals surface area contributed by atoms with Crippen LogP contribution in [0, 0.1) is 6.92 Å². The summed E-state index contributed by atoms with van der Waals surface area (Å²) >= 11 is 5.90. The van der Waals surface area contributed by atoms with Gasteiger partial charge in [0.15, 0.2) is 0 Å². The van der Waals surface area contributed by atoms with Gasteiger partial charge >= 0.3 is 5.97 Å². The van der Waals surface area contributed by atoms with Crippen LogP contribution in [0.5, 0.6) is 0 Å². The normalized spacial score (nSPS) is 9.71. The first-order valence-corrected chi connectivity index (χ1v) is 4.54. The zero-order valence-corrected chi connectivity index (χ0v) is 9.11.